The van der Waals surface area contributed by atoms with Crippen LogP contribution in [0.5, 0.6) is 0 Å². The average Bonchev–Trinajstić information content (AvgIpc) is 2.83. The van der Waals surface area contributed by atoms with E-state index in [1.54, 1.807) is 0 Å². The lowest BCUT2D eigenvalue weighted by Crippen LogP contribution is -2.41. The molecule has 12 heavy (non-hydrogen) atoms. The predicted octanol–water partition coefficient (Wildman–Crippen LogP) is 0.640. The topological polar surface area (TPSA) is 55.1 Å². The first-order valence-corrected chi connectivity index (χ1v) is 4.77. The van der Waals surface area contributed by atoms with Crippen molar-refractivity contribution in [1.82, 2.24) is 5.32 Å². The summed E-state index contributed by atoms with van der Waals surface area (Å²) in [5, 5.41) is 2.87. The molecule has 1 aliphatic rings. The molecule has 1 rings (SSSR count). The van der Waals surface area contributed by atoms with Crippen molar-refractivity contribution < 1.29 is 4.79 Å². The normalized spacial score (nSPS) is 18.8. The molecule has 0 saturated heterocycles. The van der Waals surface area contributed by atoms with E-state index in [1.165, 1.54) is 12.8 Å². The Balaban J connectivity index is 2.07. The molecule has 70 valence electrons. The molecule has 1 fully saturated rings. The number of rotatable bonds is 5. The van der Waals surface area contributed by atoms with Gasteiger partial charge in [0.25, 0.3) is 0 Å². The quantitative estimate of drug-likeness (QED) is 0.636. The maximum Gasteiger partial charge on any atom is 0.236 e. The van der Waals surface area contributed by atoms with Crippen LogP contribution in [0.25, 0.3) is 0 Å². The third-order valence-electron chi connectivity index (χ3n) is 2.20. The average molecular weight is 170 g/mol. The number of hydrogen-bond acceptors (Lipinski definition) is 2. The van der Waals surface area contributed by atoms with Gasteiger partial charge < -0.3 is 11.1 Å². The van der Waals surface area contributed by atoms with E-state index in [9.17, 15) is 4.79 Å². The second-order valence-corrected chi connectivity index (χ2v) is 3.58. The number of carbonyl (C=O) groups is 1. The van der Waals surface area contributed by atoms with Crippen molar-refractivity contribution in [2.75, 3.05) is 6.54 Å². The first kappa shape index (κ1) is 9.52. The molecule has 3 nitrogen and oxygen atoms in total. The van der Waals surface area contributed by atoms with Crippen LogP contribution >= 0.6 is 0 Å². The standard InChI is InChI=1S/C9H18N2O/c1-2-3-8(10)9(12)11-6-7-4-5-7/h7-8H,2-6,10H2,1H3,(H,11,12)/t8-/m1/s1. The molecule has 1 atom stereocenters. The van der Waals surface area contributed by atoms with Gasteiger partial charge in [-0.2, -0.15) is 0 Å². The van der Waals surface area contributed by atoms with Gasteiger partial charge in [-0.05, 0) is 25.2 Å². The number of nitrogens with one attached hydrogen (secondary N) is 1. The molecule has 1 aliphatic carbocycles. The lowest BCUT2D eigenvalue weighted by Gasteiger charge is -2.10. The Morgan fingerprint density at radius 1 is 1.67 bits per heavy atom. The first-order valence-electron chi connectivity index (χ1n) is 4.77. The van der Waals surface area contributed by atoms with Crippen LogP contribution in [0.15, 0.2) is 0 Å². The fourth-order valence-electron chi connectivity index (χ4n) is 1.14. The summed E-state index contributed by atoms with van der Waals surface area (Å²) in [5.74, 6) is 0.756. The molecule has 0 unspecified atom stereocenters. The van der Waals surface area contributed by atoms with E-state index >= 15 is 0 Å². The lowest BCUT2D eigenvalue weighted by molar-refractivity contribution is -0.122. The second-order valence-electron chi connectivity index (χ2n) is 3.58. The summed E-state index contributed by atoms with van der Waals surface area (Å²) in [6.45, 7) is 2.87. The molecule has 3 N–H and O–H groups in total. The van der Waals surface area contributed by atoms with Crippen molar-refractivity contribution in [2.24, 2.45) is 11.7 Å². The molecule has 0 bridgehead atoms. The summed E-state index contributed by atoms with van der Waals surface area (Å²) in [5.41, 5.74) is 5.62. The minimum absolute atomic E-state index is 0.0174. The first-order chi connectivity index (χ1) is 5.74. The molecule has 0 aromatic heterocycles. The van der Waals surface area contributed by atoms with Crippen molar-refractivity contribution >= 4 is 5.91 Å². The summed E-state index contributed by atoms with van der Waals surface area (Å²) in [4.78, 5) is 11.2. The molecule has 0 aliphatic heterocycles. The Labute approximate surface area is 73.7 Å². The van der Waals surface area contributed by atoms with Gasteiger partial charge in [-0.25, -0.2) is 0 Å². The van der Waals surface area contributed by atoms with E-state index in [-0.39, 0.29) is 11.9 Å². The van der Waals surface area contributed by atoms with Crippen LogP contribution in [0.3, 0.4) is 0 Å². The highest BCUT2D eigenvalue weighted by Crippen LogP contribution is 2.27. The van der Waals surface area contributed by atoms with Crippen molar-refractivity contribution in [1.29, 1.82) is 0 Å². The molecular formula is C9H18N2O. The zero-order valence-corrected chi connectivity index (χ0v) is 7.68. The van der Waals surface area contributed by atoms with Crippen molar-refractivity contribution in [3.8, 4) is 0 Å². The summed E-state index contributed by atoms with van der Waals surface area (Å²) in [6, 6.07) is -0.297. The maximum atomic E-state index is 11.2. The van der Waals surface area contributed by atoms with Crippen molar-refractivity contribution in [3.63, 3.8) is 0 Å². The molecule has 0 aromatic carbocycles. The van der Waals surface area contributed by atoms with Gasteiger partial charge in [-0.15, -0.1) is 0 Å². The summed E-state index contributed by atoms with van der Waals surface area (Å²) in [6.07, 6.45) is 4.29. The summed E-state index contributed by atoms with van der Waals surface area (Å²) in [7, 11) is 0. The van der Waals surface area contributed by atoms with E-state index in [0.29, 0.717) is 0 Å². The van der Waals surface area contributed by atoms with Crippen LogP contribution in [-0.2, 0) is 4.79 Å². The Hall–Kier alpha value is -0.570. The highest BCUT2D eigenvalue weighted by atomic mass is 16.2. The van der Waals surface area contributed by atoms with Crippen LogP contribution < -0.4 is 11.1 Å². The number of nitrogens with two attached hydrogens (primary N) is 1. The summed E-state index contributed by atoms with van der Waals surface area (Å²) >= 11 is 0. The Morgan fingerprint density at radius 3 is 2.83 bits per heavy atom. The van der Waals surface area contributed by atoms with E-state index in [2.05, 4.69) is 5.32 Å². The van der Waals surface area contributed by atoms with Gasteiger partial charge in [0, 0.05) is 6.54 Å². The molecular weight excluding hydrogens is 152 g/mol. The van der Waals surface area contributed by atoms with E-state index in [1.807, 2.05) is 6.92 Å². The van der Waals surface area contributed by atoms with Crippen LogP contribution in [0.1, 0.15) is 32.6 Å². The van der Waals surface area contributed by atoms with Gasteiger partial charge >= 0.3 is 0 Å². The van der Waals surface area contributed by atoms with Crippen molar-refractivity contribution in [2.45, 2.75) is 38.6 Å². The Morgan fingerprint density at radius 2 is 2.33 bits per heavy atom. The molecule has 0 heterocycles. The third kappa shape index (κ3) is 3.22. The minimum atomic E-state index is -0.297. The number of carbonyl (C=O) groups excluding carboxylic acids is 1. The monoisotopic (exact) mass is 170 g/mol. The lowest BCUT2D eigenvalue weighted by atomic mass is 10.1. The zero-order valence-electron chi connectivity index (χ0n) is 7.68. The fraction of sp³-hybridized carbons (Fsp3) is 0.889. The van der Waals surface area contributed by atoms with Gasteiger partial charge in [-0.1, -0.05) is 13.3 Å². The molecule has 0 spiro atoms. The largest absolute Gasteiger partial charge is 0.354 e. The maximum absolute atomic E-state index is 11.2. The van der Waals surface area contributed by atoms with Gasteiger partial charge in [-0.3, -0.25) is 4.79 Å². The SMILES string of the molecule is CCC[C@@H](N)C(=O)NCC1CC1. The molecule has 0 radical (unpaired) electrons. The van der Waals surface area contributed by atoms with E-state index in [4.69, 9.17) is 5.73 Å². The van der Waals surface area contributed by atoms with Crippen LogP contribution in [0.2, 0.25) is 0 Å². The van der Waals surface area contributed by atoms with Gasteiger partial charge in [0.15, 0.2) is 0 Å². The molecule has 3 heteroatoms. The van der Waals surface area contributed by atoms with Crippen LogP contribution in [0, 0.1) is 5.92 Å². The summed E-state index contributed by atoms with van der Waals surface area (Å²) < 4.78 is 0. The third-order valence-corrected chi connectivity index (χ3v) is 2.20. The predicted molar refractivity (Wildman–Crippen MR) is 48.6 cm³/mol. The molecule has 1 amide bonds. The van der Waals surface area contributed by atoms with Crippen molar-refractivity contribution in [3.05, 3.63) is 0 Å². The smallest absolute Gasteiger partial charge is 0.236 e. The fourth-order valence-corrected chi connectivity index (χ4v) is 1.14. The van der Waals surface area contributed by atoms with Crippen LogP contribution in [-0.4, -0.2) is 18.5 Å². The van der Waals surface area contributed by atoms with Gasteiger partial charge in [0.2, 0.25) is 5.91 Å². The van der Waals surface area contributed by atoms with Crippen LogP contribution in [0.4, 0.5) is 0 Å². The number of amides is 1. The highest BCUT2D eigenvalue weighted by molar-refractivity contribution is 5.81. The van der Waals surface area contributed by atoms with E-state index < -0.39 is 0 Å². The van der Waals surface area contributed by atoms with Gasteiger partial charge in [0.1, 0.15) is 0 Å². The Kier molecular flexibility index (Phi) is 3.53. The minimum Gasteiger partial charge on any atom is -0.354 e. The zero-order chi connectivity index (χ0) is 8.97. The second kappa shape index (κ2) is 4.45. The van der Waals surface area contributed by atoms with E-state index in [0.717, 1.165) is 25.3 Å². The molecule has 1 saturated carbocycles. The highest BCUT2D eigenvalue weighted by Gasteiger charge is 2.22. The van der Waals surface area contributed by atoms with Gasteiger partial charge in [0.05, 0.1) is 6.04 Å². The Bertz CT molecular complexity index is 155. The molecule has 0 aromatic rings. The number of hydrogen-bond donors (Lipinski definition) is 2.